The van der Waals surface area contributed by atoms with Crippen molar-refractivity contribution in [2.24, 2.45) is 0 Å². The van der Waals surface area contributed by atoms with Crippen molar-refractivity contribution in [2.75, 3.05) is 11.9 Å². The fourth-order valence-corrected chi connectivity index (χ4v) is 4.73. The molecule has 1 aliphatic heterocycles. The second-order valence-corrected chi connectivity index (χ2v) is 9.95. The molecule has 8 heteroatoms. The van der Waals surface area contributed by atoms with E-state index in [1.807, 2.05) is 48.9 Å². The molecule has 2 N–H and O–H groups in total. The van der Waals surface area contributed by atoms with Crippen molar-refractivity contribution < 1.29 is 0 Å². The Balaban J connectivity index is 1.47. The number of fused-ring (bicyclic) bond motifs is 2. The highest BCUT2D eigenvalue weighted by atomic mass is 16.1. The van der Waals surface area contributed by atoms with Crippen LogP contribution in [0.5, 0.6) is 0 Å². The van der Waals surface area contributed by atoms with Gasteiger partial charge >= 0.3 is 0 Å². The Morgan fingerprint density at radius 1 is 1.17 bits per heavy atom. The summed E-state index contributed by atoms with van der Waals surface area (Å²) in [5, 5.41) is 16.9. The molecule has 176 valence electrons. The third-order valence-electron chi connectivity index (χ3n) is 6.96. The standard InChI is InChI=1S/C27H27N7O/c1-27(2,16-28)19-4-3-5-22(13-19)33-24-23(25(35)34(33)21-8-9-21)15-30-26(32-24)31-20-7-6-18-14-29-11-10-17(18)12-20/h3-7,12-13,15,21,29H,8-11,14H2,1-2H3,(H,30,31,32). The van der Waals surface area contributed by atoms with Crippen LogP contribution >= 0.6 is 0 Å². The normalized spacial score (nSPS) is 15.6. The highest BCUT2D eigenvalue weighted by Crippen LogP contribution is 2.36. The second-order valence-electron chi connectivity index (χ2n) is 9.95. The van der Waals surface area contributed by atoms with Crippen LogP contribution in [0.15, 0.2) is 53.5 Å². The van der Waals surface area contributed by atoms with Gasteiger partial charge in [-0.3, -0.25) is 4.79 Å². The molecule has 35 heavy (non-hydrogen) atoms. The van der Waals surface area contributed by atoms with Gasteiger partial charge in [-0.2, -0.15) is 10.2 Å². The molecule has 2 aliphatic rings. The van der Waals surface area contributed by atoms with Gasteiger partial charge in [-0.15, -0.1) is 0 Å². The first-order valence-corrected chi connectivity index (χ1v) is 12.1. The van der Waals surface area contributed by atoms with Crippen LogP contribution in [0.3, 0.4) is 0 Å². The molecule has 0 unspecified atom stereocenters. The predicted octanol–water partition coefficient (Wildman–Crippen LogP) is 4.11. The summed E-state index contributed by atoms with van der Waals surface area (Å²) in [5.74, 6) is 0.446. The maximum atomic E-state index is 13.4. The van der Waals surface area contributed by atoms with Gasteiger partial charge in [0.05, 0.1) is 23.2 Å². The van der Waals surface area contributed by atoms with Crippen molar-refractivity contribution in [3.05, 3.63) is 75.7 Å². The van der Waals surface area contributed by atoms with E-state index in [1.54, 1.807) is 10.9 Å². The van der Waals surface area contributed by atoms with Crippen LogP contribution in [-0.4, -0.2) is 25.9 Å². The number of nitrogens with zero attached hydrogens (tertiary/aromatic N) is 5. The molecule has 0 bridgehead atoms. The number of nitriles is 1. The average Bonchev–Trinajstić information content (AvgIpc) is 3.68. The van der Waals surface area contributed by atoms with E-state index in [0.29, 0.717) is 17.0 Å². The average molecular weight is 466 g/mol. The van der Waals surface area contributed by atoms with Gasteiger partial charge in [-0.05, 0) is 80.6 Å². The Morgan fingerprint density at radius 3 is 2.83 bits per heavy atom. The number of hydrogen-bond acceptors (Lipinski definition) is 6. The molecule has 1 fully saturated rings. The summed E-state index contributed by atoms with van der Waals surface area (Å²) >= 11 is 0. The van der Waals surface area contributed by atoms with Crippen molar-refractivity contribution >= 4 is 22.7 Å². The number of nitrogens with one attached hydrogen (secondary N) is 2. The number of benzene rings is 2. The minimum absolute atomic E-state index is 0.0831. The molecule has 1 saturated carbocycles. The molecule has 0 saturated heterocycles. The first kappa shape index (κ1) is 21.6. The largest absolute Gasteiger partial charge is 0.324 e. The van der Waals surface area contributed by atoms with Gasteiger partial charge in [-0.25, -0.2) is 14.3 Å². The number of hydrogen-bond donors (Lipinski definition) is 2. The van der Waals surface area contributed by atoms with E-state index >= 15 is 0 Å². The molecule has 2 aromatic carbocycles. The molecule has 1 aliphatic carbocycles. The summed E-state index contributed by atoms with van der Waals surface area (Å²) in [4.78, 5) is 22.6. The summed E-state index contributed by atoms with van der Waals surface area (Å²) in [6.45, 7) is 5.65. The molecule has 2 aromatic heterocycles. The quantitative estimate of drug-likeness (QED) is 0.460. The maximum absolute atomic E-state index is 13.4. The van der Waals surface area contributed by atoms with Crippen molar-refractivity contribution in [2.45, 2.75) is 51.1 Å². The summed E-state index contributed by atoms with van der Waals surface area (Å²) in [6, 6.07) is 16.7. The van der Waals surface area contributed by atoms with Crippen molar-refractivity contribution in [3.8, 4) is 11.8 Å². The Morgan fingerprint density at radius 2 is 2.03 bits per heavy atom. The van der Waals surface area contributed by atoms with E-state index < -0.39 is 5.41 Å². The van der Waals surface area contributed by atoms with Crippen molar-refractivity contribution in [3.63, 3.8) is 0 Å². The lowest BCUT2D eigenvalue weighted by atomic mass is 9.86. The van der Waals surface area contributed by atoms with Crippen molar-refractivity contribution in [1.29, 1.82) is 5.26 Å². The Hall–Kier alpha value is -3.96. The molecular formula is C27H27N7O. The van der Waals surface area contributed by atoms with Gasteiger partial charge in [0.15, 0.2) is 5.65 Å². The monoisotopic (exact) mass is 465 g/mol. The summed E-state index contributed by atoms with van der Waals surface area (Å²) in [6.07, 6.45) is 4.53. The zero-order chi connectivity index (χ0) is 24.2. The van der Waals surface area contributed by atoms with Gasteiger partial charge in [-0.1, -0.05) is 18.2 Å². The molecule has 6 rings (SSSR count). The third kappa shape index (κ3) is 3.78. The lowest BCUT2D eigenvalue weighted by Crippen LogP contribution is -2.23. The van der Waals surface area contributed by atoms with Crippen LogP contribution in [0, 0.1) is 11.3 Å². The topological polar surface area (TPSA) is 101 Å². The number of aromatic nitrogens is 4. The van der Waals surface area contributed by atoms with E-state index in [1.165, 1.54) is 11.1 Å². The van der Waals surface area contributed by atoms with E-state index in [9.17, 15) is 10.1 Å². The predicted molar refractivity (Wildman–Crippen MR) is 135 cm³/mol. The van der Waals surface area contributed by atoms with Crippen LogP contribution < -0.4 is 16.2 Å². The van der Waals surface area contributed by atoms with Gasteiger partial charge in [0.1, 0.15) is 5.39 Å². The van der Waals surface area contributed by atoms with E-state index in [4.69, 9.17) is 4.98 Å². The lowest BCUT2D eigenvalue weighted by Gasteiger charge is -2.19. The molecule has 0 amide bonds. The highest BCUT2D eigenvalue weighted by molar-refractivity contribution is 5.77. The molecule has 8 nitrogen and oxygen atoms in total. The van der Waals surface area contributed by atoms with Gasteiger partial charge in [0, 0.05) is 18.4 Å². The molecular weight excluding hydrogens is 438 g/mol. The zero-order valence-corrected chi connectivity index (χ0v) is 19.9. The van der Waals surface area contributed by atoms with Crippen LogP contribution in [-0.2, 0) is 18.4 Å². The van der Waals surface area contributed by atoms with Crippen LogP contribution in [0.25, 0.3) is 16.7 Å². The van der Waals surface area contributed by atoms with Crippen LogP contribution in [0.4, 0.5) is 11.6 Å². The first-order valence-electron chi connectivity index (χ1n) is 12.1. The first-order chi connectivity index (χ1) is 16.9. The fourth-order valence-electron chi connectivity index (χ4n) is 4.73. The van der Waals surface area contributed by atoms with Crippen LogP contribution in [0.2, 0.25) is 0 Å². The highest BCUT2D eigenvalue weighted by Gasteiger charge is 2.31. The molecule has 0 atom stereocenters. The lowest BCUT2D eigenvalue weighted by molar-refractivity contribution is 0.559. The molecule has 3 heterocycles. The van der Waals surface area contributed by atoms with Gasteiger partial charge < -0.3 is 10.6 Å². The van der Waals surface area contributed by atoms with E-state index in [0.717, 1.165) is 49.3 Å². The summed E-state index contributed by atoms with van der Waals surface area (Å²) in [7, 11) is 0. The Kier molecular flexibility index (Phi) is 4.97. The number of rotatable bonds is 5. The molecule has 0 radical (unpaired) electrons. The Bertz CT molecular complexity index is 1550. The molecule has 0 spiro atoms. The van der Waals surface area contributed by atoms with Gasteiger partial charge in [0.25, 0.3) is 5.56 Å². The third-order valence-corrected chi connectivity index (χ3v) is 6.96. The fraction of sp³-hybridized carbons (Fsp3) is 0.333. The van der Waals surface area contributed by atoms with E-state index in [2.05, 4.69) is 33.8 Å². The zero-order valence-electron chi connectivity index (χ0n) is 19.9. The molecule has 4 aromatic rings. The summed E-state index contributed by atoms with van der Waals surface area (Å²) in [5.41, 5.74) is 5.11. The minimum atomic E-state index is -0.645. The number of anilines is 2. The summed E-state index contributed by atoms with van der Waals surface area (Å²) < 4.78 is 3.70. The smallest absolute Gasteiger partial charge is 0.278 e. The Labute approximate surface area is 203 Å². The van der Waals surface area contributed by atoms with Crippen LogP contribution in [0.1, 0.15) is 49.4 Å². The SMILES string of the molecule is CC(C)(C#N)c1cccc(-n2c3nc(Nc4ccc5c(c4)CCNC5)ncc3c(=O)n2C2CC2)c1. The van der Waals surface area contributed by atoms with E-state index in [-0.39, 0.29) is 11.6 Å². The van der Waals surface area contributed by atoms with Gasteiger partial charge in [0.2, 0.25) is 5.95 Å². The maximum Gasteiger partial charge on any atom is 0.278 e. The minimum Gasteiger partial charge on any atom is -0.324 e. The second kappa shape index (κ2) is 8.07. The van der Waals surface area contributed by atoms with Crippen molar-refractivity contribution in [1.82, 2.24) is 24.6 Å².